The Morgan fingerprint density at radius 2 is 2.00 bits per heavy atom. The van der Waals surface area contributed by atoms with Crippen LogP contribution < -0.4 is 15.0 Å². The first-order valence-corrected chi connectivity index (χ1v) is 10.4. The monoisotopic (exact) mass is 458 g/mol. The van der Waals surface area contributed by atoms with E-state index in [1.807, 2.05) is 35.9 Å². The van der Waals surface area contributed by atoms with Crippen LogP contribution in [0.3, 0.4) is 0 Å². The topological polar surface area (TPSA) is 76.5 Å². The van der Waals surface area contributed by atoms with Crippen molar-refractivity contribution in [3.63, 3.8) is 0 Å². The van der Waals surface area contributed by atoms with Crippen LogP contribution in [0.5, 0.6) is 5.75 Å². The SMILES string of the molecule is COc1cc(N2CCC(NC(=O)c3ccc(Cl)c(Cl)c3)C2=O)ccc1-n1cnc(C)c1. The van der Waals surface area contributed by atoms with E-state index in [1.165, 1.54) is 6.07 Å². The predicted molar refractivity (Wildman–Crippen MR) is 120 cm³/mol. The van der Waals surface area contributed by atoms with Gasteiger partial charge < -0.3 is 19.5 Å². The van der Waals surface area contributed by atoms with Crippen LogP contribution in [0.25, 0.3) is 5.69 Å². The molecule has 0 aliphatic carbocycles. The molecule has 1 fully saturated rings. The minimum atomic E-state index is -0.621. The quantitative estimate of drug-likeness (QED) is 0.625. The number of rotatable bonds is 5. The Hall–Kier alpha value is -3.03. The van der Waals surface area contributed by atoms with Crippen molar-refractivity contribution in [3.8, 4) is 11.4 Å². The van der Waals surface area contributed by atoms with Crippen LogP contribution in [0.1, 0.15) is 22.5 Å². The van der Waals surface area contributed by atoms with E-state index in [1.54, 1.807) is 30.5 Å². The molecule has 1 N–H and O–H groups in total. The van der Waals surface area contributed by atoms with Crippen LogP contribution in [-0.2, 0) is 4.79 Å². The molecule has 0 spiro atoms. The first kappa shape index (κ1) is 21.2. The van der Waals surface area contributed by atoms with Gasteiger partial charge in [0.05, 0.1) is 34.9 Å². The maximum absolute atomic E-state index is 13.0. The number of nitrogens with zero attached hydrogens (tertiary/aromatic N) is 3. The number of hydrogen-bond donors (Lipinski definition) is 1. The van der Waals surface area contributed by atoms with Gasteiger partial charge in [-0.15, -0.1) is 0 Å². The van der Waals surface area contributed by atoms with E-state index in [0.29, 0.717) is 35.0 Å². The number of carbonyl (C=O) groups is 2. The van der Waals surface area contributed by atoms with Crippen LogP contribution in [0, 0.1) is 6.92 Å². The van der Waals surface area contributed by atoms with Gasteiger partial charge in [0.25, 0.3) is 5.91 Å². The highest BCUT2D eigenvalue weighted by atomic mass is 35.5. The zero-order chi connectivity index (χ0) is 22.1. The number of halogens is 2. The first-order chi connectivity index (χ1) is 14.9. The summed E-state index contributed by atoms with van der Waals surface area (Å²) in [4.78, 5) is 31.4. The van der Waals surface area contributed by atoms with Crippen molar-refractivity contribution in [2.24, 2.45) is 0 Å². The third-order valence-electron chi connectivity index (χ3n) is 5.16. The van der Waals surface area contributed by atoms with Gasteiger partial charge in [0.15, 0.2) is 0 Å². The van der Waals surface area contributed by atoms with E-state index in [4.69, 9.17) is 27.9 Å². The van der Waals surface area contributed by atoms with E-state index in [9.17, 15) is 9.59 Å². The molecule has 2 heterocycles. The summed E-state index contributed by atoms with van der Waals surface area (Å²) in [6.07, 6.45) is 4.10. The van der Waals surface area contributed by atoms with Crippen molar-refractivity contribution >= 4 is 40.7 Å². The van der Waals surface area contributed by atoms with Gasteiger partial charge in [-0.05, 0) is 43.7 Å². The molecule has 1 aliphatic rings. The zero-order valence-electron chi connectivity index (χ0n) is 16.9. The smallest absolute Gasteiger partial charge is 0.251 e. The number of nitrogens with one attached hydrogen (secondary N) is 1. The van der Waals surface area contributed by atoms with Crippen molar-refractivity contribution in [1.29, 1.82) is 0 Å². The summed E-state index contributed by atoms with van der Waals surface area (Å²) >= 11 is 11.9. The van der Waals surface area contributed by atoms with Crippen molar-refractivity contribution in [2.45, 2.75) is 19.4 Å². The van der Waals surface area contributed by atoms with Gasteiger partial charge in [-0.25, -0.2) is 4.98 Å². The second kappa shape index (κ2) is 8.61. The predicted octanol–water partition coefficient (Wildman–Crippen LogP) is 4.03. The van der Waals surface area contributed by atoms with Crippen LogP contribution in [0.4, 0.5) is 5.69 Å². The van der Waals surface area contributed by atoms with Crippen molar-refractivity contribution in [3.05, 3.63) is 70.2 Å². The maximum Gasteiger partial charge on any atom is 0.251 e. The van der Waals surface area contributed by atoms with Gasteiger partial charge in [0.2, 0.25) is 5.91 Å². The first-order valence-electron chi connectivity index (χ1n) is 9.63. The standard InChI is InChI=1S/C22H20Cl2N4O3/c1-13-11-27(12-25-13)19-6-4-15(10-20(19)31-2)28-8-7-18(22(28)30)26-21(29)14-3-5-16(23)17(24)9-14/h3-6,9-12,18H,7-8H2,1-2H3,(H,26,29). The Morgan fingerprint density at radius 3 is 2.68 bits per heavy atom. The lowest BCUT2D eigenvalue weighted by Crippen LogP contribution is -2.41. The molecule has 7 nitrogen and oxygen atoms in total. The van der Waals surface area contributed by atoms with Crippen LogP contribution in [0.15, 0.2) is 48.9 Å². The number of ether oxygens (including phenoxy) is 1. The van der Waals surface area contributed by atoms with E-state index in [0.717, 1.165) is 11.4 Å². The number of anilines is 1. The fourth-order valence-electron chi connectivity index (χ4n) is 3.55. The summed E-state index contributed by atoms with van der Waals surface area (Å²) in [5.74, 6) is 0.0647. The molecule has 1 aliphatic heterocycles. The molecule has 1 aromatic heterocycles. The lowest BCUT2D eigenvalue weighted by molar-refractivity contribution is -0.118. The van der Waals surface area contributed by atoms with Gasteiger partial charge in [-0.3, -0.25) is 9.59 Å². The molecular formula is C22H20Cl2N4O3. The van der Waals surface area contributed by atoms with Crippen LogP contribution in [-0.4, -0.2) is 41.1 Å². The fraction of sp³-hybridized carbons (Fsp3) is 0.227. The summed E-state index contributed by atoms with van der Waals surface area (Å²) in [5, 5.41) is 3.44. The Kier molecular flexibility index (Phi) is 5.89. The van der Waals surface area contributed by atoms with Gasteiger partial charge in [-0.1, -0.05) is 23.2 Å². The van der Waals surface area contributed by atoms with E-state index < -0.39 is 6.04 Å². The van der Waals surface area contributed by atoms with Crippen molar-refractivity contribution < 1.29 is 14.3 Å². The maximum atomic E-state index is 13.0. The highest BCUT2D eigenvalue weighted by Crippen LogP contribution is 2.31. The molecule has 160 valence electrons. The molecule has 3 aromatic rings. The number of aryl methyl sites for hydroxylation is 1. The Bertz CT molecular complexity index is 1160. The number of imidazole rings is 1. The van der Waals surface area contributed by atoms with Gasteiger partial charge in [0.1, 0.15) is 11.8 Å². The van der Waals surface area contributed by atoms with E-state index in [2.05, 4.69) is 10.3 Å². The highest BCUT2D eigenvalue weighted by molar-refractivity contribution is 6.42. The molecule has 2 aromatic carbocycles. The van der Waals surface area contributed by atoms with Crippen molar-refractivity contribution in [1.82, 2.24) is 14.9 Å². The second-order valence-corrected chi connectivity index (χ2v) is 8.03. The number of amides is 2. The fourth-order valence-corrected chi connectivity index (χ4v) is 3.85. The minimum absolute atomic E-state index is 0.179. The van der Waals surface area contributed by atoms with Crippen LogP contribution in [0.2, 0.25) is 10.0 Å². The number of benzene rings is 2. The average molecular weight is 459 g/mol. The molecule has 1 unspecified atom stereocenters. The Morgan fingerprint density at radius 1 is 1.19 bits per heavy atom. The van der Waals surface area contributed by atoms with Gasteiger partial charge >= 0.3 is 0 Å². The zero-order valence-corrected chi connectivity index (χ0v) is 18.4. The number of hydrogen-bond acceptors (Lipinski definition) is 4. The summed E-state index contributed by atoms with van der Waals surface area (Å²) in [5.41, 5.74) is 2.76. The van der Waals surface area contributed by atoms with E-state index >= 15 is 0 Å². The molecule has 1 saturated heterocycles. The lowest BCUT2D eigenvalue weighted by Gasteiger charge is -2.19. The molecule has 4 rings (SSSR count). The normalized spacial score (nSPS) is 15.9. The number of aromatic nitrogens is 2. The number of carbonyl (C=O) groups excluding carboxylic acids is 2. The summed E-state index contributed by atoms with van der Waals surface area (Å²) in [6.45, 7) is 2.39. The molecule has 9 heteroatoms. The van der Waals surface area contributed by atoms with Crippen molar-refractivity contribution in [2.75, 3.05) is 18.6 Å². The summed E-state index contributed by atoms with van der Waals surface area (Å²) in [7, 11) is 1.58. The molecular weight excluding hydrogens is 439 g/mol. The Labute approximate surface area is 189 Å². The van der Waals surface area contributed by atoms with Gasteiger partial charge in [-0.2, -0.15) is 0 Å². The second-order valence-electron chi connectivity index (χ2n) is 7.21. The average Bonchev–Trinajstić information content (AvgIpc) is 3.35. The third-order valence-corrected chi connectivity index (χ3v) is 5.90. The largest absolute Gasteiger partial charge is 0.494 e. The molecule has 0 radical (unpaired) electrons. The van der Waals surface area contributed by atoms with Gasteiger partial charge in [0, 0.05) is 30.1 Å². The van der Waals surface area contributed by atoms with E-state index in [-0.39, 0.29) is 16.8 Å². The molecule has 1 atom stereocenters. The molecule has 31 heavy (non-hydrogen) atoms. The minimum Gasteiger partial charge on any atom is -0.494 e. The lowest BCUT2D eigenvalue weighted by atomic mass is 10.2. The van der Waals surface area contributed by atoms with Crippen LogP contribution >= 0.6 is 23.2 Å². The third kappa shape index (κ3) is 4.24. The molecule has 0 saturated carbocycles. The molecule has 2 amide bonds. The Balaban J connectivity index is 1.51. The summed E-state index contributed by atoms with van der Waals surface area (Å²) in [6, 6.07) is 9.53. The number of methoxy groups -OCH3 is 1. The highest BCUT2D eigenvalue weighted by Gasteiger charge is 2.34. The summed E-state index contributed by atoms with van der Waals surface area (Å²) < 4.78 is 7.40. The molecule has 0 bridgehead atoms.